The smallest absolute Gasteiger partial charge is 0.128 e. The van der Waals surface area contributed by atoms with Crippen LogP contribution in [0.4, 0.5) is 0 Å². The highest BCUT2D eigenvalue weighted by Crippen LogP contribution is 2.51. The summed E-state index contributed by atoms with van der Waals surface area (Å²) in [6.07, 6.45) is 1.22. The largest absolute Gasteiger partial charge is 0.372 e. The zero-order valence-corrected chi connectivity index (χ0v) is 12.3. The van der Waals surface area contributed by atoms with Gasteiger partial charge in [0.05, 0.1) is 5.69 Å². The predicted octanol–water partition coefficient (Wildman–Crippen LogP) is 2.57. The average molecular weight is 325 g/mol. The molecule has 5 nitrogen and oxygen atoms in total. The SMILES string of the molecule is COC1(c2cc(Br)nn2C)CCS(O)(O)CC1. The summed E-state index contributed by atoms with van der Waals surface area (Å²) in [5.41, 5.74) is 0.525. The number of rotatable bonds is 2. The Morgan fingerprint density at radius 2 is 2.06 bits per heavy atom. The fourth-order valence-corrected chi connectivity index (χ4v) is 4.28. The van der Waals surface area contributed by atoms with Crippen LogP contribution in [0.25, 0.3) is 0 Å². The molecule has 0 aromatic carbocycles. The third-order valence-corrected chi connectivity index (χ3v) is 5.48. The number of hydrogen-bond donors (Lipinski definition) is 2. The Hall–Kier alpha value is -0.0800. The summed E-state index contributed by atoms with van der Waals surface area (Å²) < 4.78 is 27.6. The maximum Gasteiger partial charge on any atom is 0.128 e. The van der Waals surface area contributed by atoms with Crippen molar-refractivity contribution in [3.63, 3.8) is 0 Å². The lowest BCUT2D eigenvalue weighted by Gasteiger charge is -2.45. The molecule has 98 valence electrons. The van der Waals surface area contributed by atoms with Crippen molar-refractivity contribution in [2.75, 3.05) is 18.6 Å². The molecular weight excluding hydrogens is 308 g/mol. The zero-order chi connectivity index (χ0) is 12.7. The summed E-state index contributed by atoms with van der Waals surface area (Å²) in [7, 11) is 1.13. The Bertz CT molecular complexity index is 412. The van der Waals surface area contributed by atoms with E-state index in [2.05, 4.69) is 21.0 Å². The maximum atomic E-state index is 9.68. The van der Waals surface area contributed by atoms with Crippen molar-refractivity contribution in [2.45, 2.75) is 18.4 Å². The molecule has 0 aliphatic carbocycles. The molecule has 17 heavy (non-hydrogen) atoms. The molecule has 1 aliphatic rings. The van der Waals surface area contributed by atoms with E-state index in [9.17, 15) is 9.11 Å². The molecule has 1 aliphatic heterocycles. The minimum Gasteiger partial charge on any atom is -0.372 e. The first kappa shape index (κ1) is 13.4. The van der Waals surface area contributed by atoms with Gasteiger partial charge in [-0.1, -0.05) is 0 Å². The number of hydrogen-bond acceptors (Lipinski definition) is 4. The Labute approximate surface area is 111 Å². The number of halogens is 1. The summed E-state index contributed by atoms with van der Waals surface area (Å²) in [6.45, 7) is 0. The van der Waals surface area contributed by atoms with Crippen LogP contribution in [0.2, 0.25) is 0 Å². The van der Waals surface area contributed by atoms with Crippen molar-refractivity contribution < 1.29 is 13.8 Å². The maximum absolute atomic E-state index is 9.68. The van der Waals surface area contributed by atoms with E-state index in [1.54, 1.807) is 11.8 Å². The molecule has 1 fully saturated rings. The number of aromatic nitrogens is 2. The van der Waals surface area contributed by atoms with Gasteiger partial charge >= 0.3 is 0 Å². The van der Waals surface area contributed by atoms with Gasteiger partial charge in [-0.3, -0.25) is 13.8 Å². The molecule has 0 unspecified atom stereocenters. The van der Waals surface area contributed by atoms with Crippen LogP contribution in [0.15, 0.2) is 10.7 Å². The highest BCUT2D eigenvalue weighted by atomic mass is 79.9. The second-order valence-electron chi connectivity index (χ2n) is 4.38. The molecule has 0 spiro atoms. The summed E-state index contributed by atoms with van der Waals surface area (Å²) in [4.78, 5) is 0. The Kier molecular flexibility index (Phi) is 3.57. The van der Waals surface area contributed by atoms with Crippen LogP contribution in [0.5, 0.6) is 0 Å². The van der Waals surface area contributed by atoms with Crippen LogP contribution < -0.4 is 0 Å². The second kappa shape index (κ2) is 4.55. The molecule has 2 rings (SSSR count). The van der Waals surface area contributed by atoms with E-state index in [0.29, 0.717) is 24.3 Å². The first-order valence-electron chi connectivity index (χ1n) is 5.37. The molecular formula is C10H17BrN2O3S. The first-order chi connectivity index (χ1) is 7.88. The summed E-state index contributed by atoms with van der Waals surface area (Å²) >= 11 is 3.34. The van der Waals surface area contributed by atoms with E-state index in [1.165, 1.54) is 0 Å². The van der Waals surface area contributed by atoms with E-state index in [1.807, 2.05) is 13.1 Å². The number of nitrogens with zero attached hydrogens (tertiary/aromatic N) is 2. The van der Waals surface area contributed by atoms with Crippen molar-refractivity contribution >= 4 is 26.5 Å². The van der Waals surface area contributed by atoms with E-state index in [-0.39, 0.29) is 0 Å². The summed E-state index contributed by atoms with van der Waals surface area (Å²) in [5.74, 6) is 0.785. The molecule has 0 radical (unpaired) electrons. The van der Waals surface area contributed by atoms with Crippen molar-refractivity contribution in [3.8, 4) is 0 Å². The van der Waals surface area contributed by atoms with Gasteiger partial charge in [-0.05, 0) is 34.8 Å². The Morgan fingerprint density at radius 1 is 1.47 bits per heavy atom. The standard InChI is InChI=1S/C10H17BrN2O3S/c1-13-8(7-9(11)12-13)10(16-2)3-5-17(14,15)6-4-10/h7,14-15H,3-6H2,1-2H3. The molecule has 1 saturated heterocycles. The minimum absolute atomic E-state index is 0.392. The third kappa shape index (κ3) is 2.53. The van der Waals surface area contributed by atoms with Crippen LogP contribution >= 0.6 is 26.5 Å². The van der Waals surface area contributed by atoms with E-state index < -0.39 is 16.2 Å². The lowest BCUT2D eigenvalue weighted by atomic mass is 9.92. The van der Waals surface area contributed by atoms with Crippen molar-refractivity contribution in [2.24, 2.45) is 7.05 Å². The van der Waals surface area contributed by atoms with Crippen molar-refractivity contribution in [3.05, 3.63) is 16.4 Å². The van der Waals surface area contributed by atoms with Gasteiger partial charge in [-0.15, -0.1) is 0 Å². The fourth-order valence-electron chi connectivity index (χ4n) is 2.31. The third-order valence-electron chi connectivity index (χ3n) is 3.37. The highest BCUT2D eigenvalue weighted by Gasteiger charge is 2.41. The minimum atomic E-state index is -2.40. The van der Waals surface area contributed by atoms with Gasteiger partial charge in [0.25, 0.3) is 0 Å². The van der Waals surface area contributed by atoms with Gasteiger partial charge in [0.15, 0.2) is 0 Å². The quantitative estimate of drug-likeness (QED) is 0.877. The number of methoxy groups -OCH3 is 1. The topological polar surface area (TPSA) is 67.5 Å². The molecule has 2 N–H and O–H groups in total. The Morgan fingerprint density at radius 3 is 2.47 bits per heavy atom. The summed E-state index contributed by atoms with van der Waals surface area (Å²) in [6, 6.07) is 1.93. The van der Waals surface area contributed by atoms with Crippen LogP contribution in [0.3, 0.4) is 0 Å². The van der Waals surface area contributed by atoms with Crippen LogP contribution in [0, 0.1) is 0 Å². The number of ether oxygens (including phenoxy) is 1. The average Bonchev–Trinajstić information content (AvgIpc) is 2.60. The van der Waals surface area contributed by atoms with Gasteiger partial charge in [0, 0.05) is 25.7 Å². The lowest BCUT2D eigenvalue weighted by Crippen LogP contribution is -2.38. The first-order valence-corrected chi connectivity index (χ1v) is 8.05. The fraction of sp³-hybridized carbons (Fsp3) is 0.700. The lowest BCUT2D eigenvalue weighted by molar-refractivity contribution is -0.0307. The molecule has 1 aromatic heterocycles. The molecule has 0 saturated carbocycles. The molecule has 0 amide bonds. The molecule has 7 heteroatoms. The monoisotopic (exact) mass is 324 g/mol. The number of aryl methyl sites for hydroxylation is 1. The van der Waals surface area contributed by atoms with Gasteiger partial charge in [-0.2, -0.15) is 15.7 Å². The van der Waals surface area contributed by atoms with Gasteiger partial charge < -0.3 is 4.74 Å². The van der Waals surface area contributed by atoms with E-state index in [0.717, 1.165) is 10.3 Å². The van der Waals surface area contributed by atoms with Crippen LogP contribution in [0.1, 0.15) is 18.5 Å². The normalized spacial score (nSPS) is 24.5. The van der Waals surface area contributed by atoms with E-state index in [4.69, 9.17) is 4.74 Å². The van der Waals surface area contributed by atoms with Crippen molar-refractivity contribution in [1.29, 1.82) is 0 Å². The molecule has 0 bridgehead atoms. The summed E-state index contributed by atoms with van der Waals surface area (Å²) in [5, 5.41) is 4.25. The van der Waals surface area contributed by atoms with Crippen molar-refractivity contribution in [1.82, 2.24) is 9.78 Å². The zero-order valence-electron chi connectivity index (χ0n) is 9.89. The predicted molar refractivity (Wildman–Crippen MR) is 71.4 cm³/mol. The van der Waals surface area contributed by atoms with Gasteiger partial charge in [-0.25, -0.2) is 0 Å². The van der Waals surface area contributed by atoms with Gasteiger partial charge in [0.2, 0.25) is 0 Å². The molecule has 0 atom stereocenters. The second-order valence-corrected chi connectivity index (χ2v) is 7.62. The Balaban J connectivity index is 2.30. The molecule has 1 aromatic rings. The van der Waals surface area contributed by atoms with E-state index >= 15 is 0 Å². The van der Waals surface area contributed by atoms with Crippen LogP contribution in [-0.4, -0.2) is 37.5 Å². The van der Waals surface area contributed by atoms with Gasteiger partial charge in [0.1, 0.15) is 10.2 Å². The van der Waals surface area contributed by atoms with Crippen LogP contribution in [-0.2, 0) is 17.4 Å². The highest BCUT2D eigenvalue weighted by molar-refractivity contribution is 9.10. The molecule has 2 heterocycles.